The van der Waals surface area contributed by atoms with E-state index in [2.05, 4.69) is 42.1 Å². The van der Waals surface area contributed by atoms with Gasteiger partial charge in [0.2, 0.25) is 5.91 Å². The van der Waals surface area contributed by atoms with E-state index in [0.717, 1.165) is 6.42 Å². The van der Waals surface area contributed by atoms with E-state index >= 15 is 0 Å². The lowest BCUT2D eigenvalue weighted by Gasteiger charge is -2.38. The smallest absolute Gasteiger partial charge is 0.254 e. The summed E-state index contributed by atoms with van der Waals surface area (Å²) in [5.74, 6) is 1.51. The maximum atomic E-state index is 12.7. The molecule has 7 heteroatoms. The van der Waals surface area contributed by atoms with Gasteiger partial charge in [0.15, 0.2) is 0 Å². The number of nitrogens with one attached hydrogen (secondary N) is 1. The van der Waals surface area contributed by atoms with Crippen LogP contribution in [0.1, 0.15) is 44.0 Å². The second-order valence-corrected chi connectivity index (χ2v) is 8.45. The van der Waals surface area contributed by atoms with Crippen LogP contribution in [0.15, 0.2) is 30.4 Å². The van der Waals surface area contributed by atoms with Crippen LogP contribution >= 0.6 is 0 Å². The van der Waals surface area contributed by atoms with Crippen LogP contribution in [0.2, 0.25) is 0 Å². The molecule has 2 amide bonds. The SMILES string of the molecule is CC1=CC(CNC(=O)c2cncnc2)C(C(C)C)CC1CC(=O)N1CCOCC1. The molecule has 0 radical (unpaired) electrons. The van der Waals surface area contributed by atoms with Gasteiger partial charge in [0.25, 0.3) is 5.91 Å². The summed E-state index contributed by atoms with van der Waals surface area (Å²) in [6.45, 7) is 9.80. The molecule has 3 unspecified atom stereocenters. The molecule has 1 fully saturated rings. The van der Waals surface area contributed by atoms with Crippen LogP contribution in [0.3, 0.4) is 0 Å². The number of amides is 2. The zero-order valence-corrected chi connectivity index (χ0v) is 17.6. The lowest BCUT2D eigenvalue weighted by atomic mass is 9.69. The zero-order chi connectivity index (χ0) is 20.8. The summed E-state index contributed by atoms with van der Waals surface area (Å²) in [4.78, 5) is 34.8. The van der Waals surface area contributed by atoms with Crippen molar-refractivity contribution in [3.63, 3.8) is 0 Å². The van der Waals surface area contributed by atoms with Crippen molar-refractivity contribution in [2.24, 2.45) is 23.7 Å². The van der Waals surface area contributed by atoms with E-state index in [4.69, 9.17) is 4.74 Å². The Kier molecular flexibility index (Phi) is 7.36. The predicted molar refractivity (Wildman–Crippen MR) is 110 cm³/mol. The number of allylic oxidation sites excluding steroid dienone is 1. The molecule has 2 heterocycles. The van der Waals surface area contributed by atoms with E-state index in [-0.39, 0.29) is 23.7 Å². The highest BCUT2D eigenvalue weighted by Gasteiger charge is 2.33. The van der Waals surface area contributed by atoms with Gasteiger partial charge in [-0.05, 0) is 37.0 Å². The van der Waals surface area contributed by atoms with E-state index < -0.39 is 0 Å². The van der Waals surface area contributed by atoms with Crippen molar-refractivity contribution in [3.8, 4) is 0 Å². The molecule has 2 aliphatic rings. The Balaban J connectivity index is 1.62. The molecule has 0 saturated carbocycles. The first-order valence-electron chi connectivity index (χ1n) is 10.5. The van der Waals surface area contributed by atoms with Gasteiger partial charge in [0.1, 0.15) is 6.33 Å². The minimum atomic E-state index is -0.149. The van der Waals surface area contributed by atoms with E-state index in [1.807, 2.05) is 4.90 Å². The molecule has 1 aromatic rings. The Morgan fingerprint density at radius 3 is 2.59 bits per heavy atom. The Bertz CT molecular complexity index is 729. The largest absolute Gasteiger partial charge is 0.378 e. The van der Waals surface area contributed by atoms with Gasteiger partial charge in [-0.3, -0.25) is 9.59 Å². The third-order valence-electron chi connectivity index (χ3n) is 6.19. The number of morpholine rings is 1. The average molecular weight is 401 g/mol. The van der Waals surface area contributed by atoms with Gasteiger partial charge in [-0.1, -0.05) is 25.5 Å². The minimum Gasteiger partial charge on any atom is -0.378 e. The number of nitrogens with zero attached hydrogens (tertiary/aromatic N) is 3. The standard InChI is InChI=1S/C22H32N4O3/c1-15(2)20-9-17(10-21(27)26-4-6-29-7-5-26)16(3)8-18(20)13-25-22(28)19-11-23-14-24-12-19/h8,11-12,14-15,17-18,20H,4-7,9-10,13H2,1-3H3,(H,25,28). The monoisotopic (exact) mass is 400 g/mol. The molecule has 3 atom stereocenters. The van der Waals surface area contributed by atoms with Gasteiger partial charge < -0.3 is 15.0 Å². The third-order valence-corrected chi connectivity index (χ3v) is 6.19. The number of carbonyl (C=O) groups excluding carboxylic acids is 2. The molecule has 29 heavy (non-hydrogen) atoms. The summed E-state index contributed by atoms with van der Waals surface area (Å²) >= 11 is 0. The molecule has 1 saturated heterocycles. The fraction of sp³-hybridized carbons (Fsp3) is 0.636. The van der Waals surface area contributed by atoms with Gasteiger partial charge in [0, 0.05) is 38.4 Å². The highest BCUT2D eigenvalue weighted by Crippen LogP contribution is 2.39. The molecule has 1 aliphatic carbocycles. The molecule has 1 N–H and O–H groups in total. The van der Waals surface area contributed by atoms with Crippen molar-refractivity contribution in [3.05, 3.63) is 35.9 Å². The number of aromatic nitrogens is 2. The molecule has 7 nitrogen and oxygen atoms in total. The number of ether oxygens (including phenoxy) is 1. The average Bonchev–Trinajstić information content (AvgIpc) is 2.74. The molecule has 0 bridgehead atoms. The van der Waals surface area contributed by atoms with Crippen molar-refractivity contribution in [1.29, 1.82) is 0 Å². The van der Waals surface area contributed by atoms with Crippen LogP contribution < -0.4 is 5.32 Å². The first kappa shape index (κ1) is 21.4. The summed E-state index contributed by atoms with van der Waals surface area (Å²) in [5, 5.41) is 3.03. The van der Waals surface area contributed by atoms with Crippen molar-refractivity contribution in [1.82, 2.24) is 20.2 Å². The second kappa shape index (κ2) is 9.96. The number of hydrogen-bond acceptors (Lipinski definition) is 5. The highest BCUT2D eigenvalue weighted by molar-refractivity contribution is 5.93. The van der Waals surface area contributed by atoms with Crippen molar-refractivity contribution < 1.29 is 14.3 Å². The van der Waals surface area contributed by atoms with Crippen LogP contribution in [0.4, 0.5) is 0 Å². The Hall–Kier alpha value is -2.28. The normalized spacial score (nSPS) is 24.9. The fourth-order valence-electron chi connectivity index (χ4n) is 4.39. The van der Waals surface area contributed by atoms with Crippen molar-refractivity contribution in [2.45, 2.75) is 33.6 Å². The summed E-state index contributed by atoms with van der Waals surface area (Å²) in [6.07, 6.45) is 8.27. The van der Waals surface area contributed by atoms with Crippen LogP contribution in [0.5, 0.6) is 0 Å². The molecule has 158 valence electrons. The zero-order valence-electron chi connectivity index (χ0n) is 17.6. The molecular weight excluding hydrogens is 368 g/mol. The topological polar surface area (TPSA) is 84.4 Å². The van der Waals surface area contributed by atoms with Gasteiger partial charge in [-0.15, -0.1) is 0 Å². The first-order valence-corrected chi connectivity index (χ1v) is 10.5. The number of hydrogen-bond donors (Lipinski definition) is 1. The van der Waals surface area contributed by atoms with E-state index in [1.165, 1.54) is 24.3 Å². The Morgan fingerprint density at radius 1 is 1.24 bits per heavy atom. The Labute approximate surface area is 172 Å². The van der Waals surface area contributed by atoms with Crippen LogP contribution in [0.25, 0.3) is 0 Å². The maximum absolute atomic E-state index is 12.7. The molecule has 0 spiro atoms. The summed E-state index contributed by atoms with van der Waals surface area (Å²) < 4.78 is 5.35. The summed E-state index contributed by atoms with van der Waals surface area (Å²) in [5.41, 5.74) is 1.73. The van der Waals surface area contributed by atoms with E-state index in [9.17, 15) is 9.59 Å². The van der Waals surface area contributed by atoms with Crippen molar-refractivity contribution in [2.75, 3.05) is 32.8 Å². The molecule has 1 aromatic heterocycles. The molecule has 1 aliphatic heterocycles. The molecule has 3 rings (SSSR count). The van der Waals surface area contributed by atoms with Crippen LogP contribution in [0, 0.1) is 23.7 Å². The lowest BCUT2D eigenvalue weighted by molar-refractivity contribution is -0.136. The minimum absolute atomic E-state index is 0.149. The van der Waals surface area contributed by atoms with Crippen LogP contribution in [-0.2, 0) is 9.53 Å². The molecular formula is C22H32N4O3. The summed E-state index contributed by atoms with van der Waals surface area (Å²) in [7, 11) is 0. The van der Waals surface area contributed by atoms with Crippen LogP contribution in [-0.4, -0.2) is 59.5 Å². The predicted octanol–water partition coefficient (Wildman–Crippen LogP) is 2.31. The third kappa shape index (κ3) is 5.63. The second-order valence-electron chi connectivity index (χ2n) is 8.45. The maximum Gasteiger partial charge on any atom is 0.254 e. The van der Waals surface area contributed by atoms with Gasteiger partial charge in [-0.2, -0.15) is 0 Å². The quantitative estimate of drug-likeness (QED) is 0.741. The lowest BCUT2D eigenvalue weighted by Crippen LogP contribution is -2.42. The van der Waals surface area contributed by atoms with Gasteiger partial charge in [-0.25, -0.2) is 9.97 Å². The number of rotatable bonds is 6. The van der Waals surface area contributed by atoms with Gasteiger partial charge in [0.05, 0.1) is 18.8 Å². The summed E-state index contributed by atoms with van der Waals surface area (Å²) in [6, 6.07) is 0. The number of carbonyl (C=O) groups is 2. The van der Waals surface area contributed by atoms with Crippen molar-refractivity contribution >= 4 is 11.8 Å². The Morgan fingerprint density at radius 2 is 1.93 bits per heavy atom. The van der Waals surface area contributed by atoms with Gasteiger partial charge >= 0.3 is 0 Å². The highest BCUT2D eigenvalue weighted by atomic mass is 16.5. The first-order chi connectivity index (χ1) is 14.0. The molecule has 0 aromatic carbocycles. The fourth-order valence-corrected chi connectivity index (χ4v) is 4.39. The van der Waals surface area contributed by atoms with E-state index in [0.29, 0.717) is 56.7 Å². The van der Waals surface area contributed by atoms with E-state index in [1.54, 1.807) is 0 Å².